The molecule has 23 heavy (non-hydrogen) atoms. The summed E-state index contributed by atoms with van der Waals surface area (Å²) in [6.45, 7) is 1.67. The third kappa shape index (κ3) is 3.92. The Labute approximate surface area is 142 Å². The van der Waals surface area contributed by atoms with Gasteiger partial charge in [0, 0.05) is 0 Å². The van der Waals surface area contributed by atoms with Crippen LogP contribution in [0.4, 0.5) is 8.78 Å². The summed E-state index contributed by atoms with van der Waals surface area (Å²) < 4.78 is 32.0. The maximum absolute atomic E-state index is 13.7. The van der Waals surface area contributed by atoms with Gasteiger partial charge in [-0.15, -0.1) is 0 Å². The van der Waals surface area contributed by atoms with E-state index >= 15 is 0 Å². The van der Waals surface area contributed by atoms with Gasteiger partial charge >= 0.3 is 0 Å². The third-order valence-electron chi connectivity index (χ3n) is 3.28. The van der Waals surface area contributed by atoms with Crippen LogP contribution in [0.2, 0.25) is 10.0 Å². The second-order valence-electron chi connectivity index (χ2n) is 4.84. The Balaban J connectivity index is 2.20. The van der Waals surface area contributed by atoms with Gasteiger partial charge < -0.3 is 10.1 Å². The molecule has 2 aromatic rings. The van der Waals surface area contributed by atoms with Crippen molar-refractivity contribution in [1.29, 1.82) is 0 Å². The van der Waals surface area contributed by atoms with Gasteiger partial charge in [-0.3, -0.25) is 4.79 Å². The van der Waals surface area contributed by atoms with E-state index < -0.39 is 23.6 Å². The fraction of sp³-hybridized carbons (Fsp3) is 0.188. The highest BCUT2D eigenvalue weighted by Crippen LogP contribution is 2.26. The molecule has 0 saturated heterocycles. The lowest BCUT2D eigenvalue weighted by molar-refractivity contribution is 0.0939. The molecule has 0 aliphatic rings. The fourth-order valence-corrected chi connectivity index (χ4v) is 2.48. The number of nitrogens with one attached hydrogen (secondary N) is 1. The number of halogens is 4. The first-order valence-electron chi connectivity index (χ1n) is 6.62. The minimum Gasteiger partial charge on any atom is -0.494 e. The summed E-state index contributed by atoms with van der Waals surface area (Å²) in [5, 5.41) is 2.48. The van der Waals surface area contributed by atoms with Crippen molar-refractivity contribution in [1.82, 2.24) is 5.32 Å². The number of ether oxygens (including phenoxy) is 1. The normalized spacial score (nSPS) is 11.9. The van der Waals surface area contributed by atoms with Crippen LogP contribution < -0.4 is 10.1 Å². The first kappa shape index (κ1) is 17.5. The highest BCUT2D eigenvalue weighted by Gasteiger charge is 2.17. The summed E-state index contributed by atoms with van der Waals surface area (Å²) in [4.78, 5) is 12.2. The lowest BCUT2D eigenvalue weighted by Gasteiger charge is -2.16. The first-order chi connectivity index (χ1) is 10.8. The van der Waals surface area contributed by atoms with Crippen molar-refractivity contribution in [2.75, 3.05) is 7.11 Å². The molecule has 1 atom stereocenters. The lowest BCUT2D eigenvalue weighted by atomic mass is 10.1. The van der Waals surface area contributed by atoms with E-state index in [0.717, 1.165) is 12.1 Å². The van der Waals surface area contributed by atoms with Crippen LogP contribution in [-0.4, -0.2) is 13.0 Å². The van der Waals surface area contributed by atoms with E-state index in [4.69, 9.17) is 27.9 Å². The highest BCUT2D eigenvalue weighted by atomic mass is 35.5. The quantitative estimate of drug-likeness (QED) is 0.798. The SMILES string of the molecule is COc1ccc(C(C)NC(=O)c2cc(F)c(Cl)cc2Cl)cc1F. The van der Waals surface area contributed by atoms with Crippen molar-refractivity contribution in [3.63, 3.8) is 0 Å². The Morgan fingerprint density at radius 1 is 1.13 bits per heavy atom. The molecule has 1 N–H and O–H groups in total. The van der Waals surface area contributed by atoms with Crippen molar-refractivity contribution in [2.24, 2.45) is 0 Å². The number of methoxy groups -OCH3 is 1. The summed E-state index contributed by atoms with van der Waals surface area (Å²) in [5.74, 6) is -1.77. The predicted molar refractivity (Wildman–Crippen MR) is 85.3 cm³/mol. The van der Waals surface area contributed by atoms with E-state index in [-0.39, 0.29) is 21.4 Å². The van der Waals surface area contributed by atoms with Crippen LogP contribution in [0.1, 0.15) is 28.9 Å². The van der Waals surface area contributed by atoms with E-state index in [9.17, 15) is 13.6 Å². The number of amides is 1. The third-order valence-corrected chi connectivity index (χ3v) is 3.88. The van der Waals surface area contributed by atoms with Crippen LogP contribution in [0, 0.1) is 11.6 Å². The van der Waals surface area contributed by atoms with Gasteiger partial charge in [-0.25, -0.2) is 8.78 Å². The van der Waals surface area contributed by atoms with Crippen molar-refractivity contribution in [3.8, 4) is 5.75 Å². The Kier molecular flexibility index (Phi) is 5.44. The van der Waals surface area contributed by atoms with Gasteiger partial charge in [-0.1, -0.05) is 29.3 Å². The average molecular weight is 360 g/mol. The molecule has 0 fully saturated rings. The van der Waals surface area contributed by atoms with Gasteiger partial charge in [-0.05, 0) is 36.8 Å². The molecule has 3 nitrogen and oxygen atoms in total. The molecule has 1 amide bonds. The molecule has 0 aliphatic heterocycles. The maximum atomic E-state index is 13.7. The van der Waals surface area contributed by atoms with E-state index in [1.54, 1.807) is 13.0 Å². The minimum absolute atomic E-state index is 0.0296. The number of benzene rings is 2. The van der Waals surface area contributed by atoms with Gasteiger partial charge in [0.1, 0.15) is 5.82 Å². The van der Waals surface area contributed by atoms with Gasteiger partial charge in [0.2, 0.25) is 0 Å². The number of rotatable bonds is 4. The molecule has 0 saturated carbocycles. The number of carbonyl (C=O) groups excluding carboxylic acids is 1. The molecule has 0 aromatic heterocycles. The smallest absolute Gasteiger partial charge is 0.253 e. The van der Waals surface area contributed by atoms with E-state index in [1.807, 2.05) is 0 Å². The summed E-state index contributed by atoms with van der Waals surface area (Å²) in [5.41, 5.74) is 0.483. The predicted octanol–water partition coefficient (Wildman–Crippen LogP) is 4.77. The summed E-state index contributed by atoms with van der Waals surface area (Å²) in [7, 11) is 1.36. The Morgan fingerprint density at radius 2 is 1.83 bits per heavy atom. The van der Waals surface area contributed by atoms with Gasteiger partial charge in [0.15, 0.2) is 11.6 Å². The molecular weight excluding hydrogens is 347 g/mol. The first-order valence-corrected chi connectivity index (χ1v) is 7.38. The summed E-state index contributed by atoms with van der Waals surface area (Å²) in [6, 6.07) is 5.94. The van der Waals surface area contributed by atoms with Gasteiger partial charge in [-0.2, -0.15) is 0 Å². The molecule has 2 aromatic carbocycles. The highest BCUT2D eigenvalue weighted by molar-refractivity contribution is 6.36. The number of hydrogen-bond acceptors (Lipinski definition) is 2. The Bertz CT molecular complexity index is 753. The van der Waals surface area contributed by atoms with E-state index in [1.165, 1.54) is 19.2 Å². The van der Waals surface area contributed by atoms with Crippen LogP contribution in [0.15, 0.2) is 30.3 Å². The second-order valence-corrected chi connectivity index (χ2v) is 5.65. The van der Waals surface area contributed by atoms with E-state index in [2.05, 4.69) is 5.32 Å². The molecule has 0 heterocycles. The van der Waals surface area contributed by atoms with Crippen LogP contribution >= 0.6 is 23.2 Å². The lowest BCUT2D eigenvalue weighted by Crippen LogP contribution is -2.27. The largest absolute Gasteiger partial charge is 0.494 e. The van der Waals surface area contributed by atoms with Crippen LogP contribution in [0.5, 0.6) is 5.75 Å². The zero-order valence-corrected chi connectivity index (χ0v) is 13.8. The fourth-order valence-electron chi connectivity index (χ4n) is 2.01. The molecule has 7 heteroatoms. The standard InChI is InChI=1S/C16H13Cl2F2NO2/c1-8(9-3-4-15(23-2)14(20)5-9)21-16(22)10-6-13(19)12(18)7-11(10)17/h3-8H,1-2H3,(H,21,22). The molecular formula is C16H13Cl2F2NO2. The van der Waals surface area contributed by atoms with E-state index in [0.29, 0.717) is 5.56 Å². The monoisotopic (exact) mass is 359 g/mol. The zero-order chi connectivity index (χ0) is 17.1. The minimum atomic E-state index is -0.746. The van der Waals surface area contributed by atoms with Crippen molar-refractivity contribution in [3.05, 3.63) is 63.1 Å². The van der Waals surface area contributed by atoms with Crippen molar-refractivity contribution >= 4 is 29.1 Å². The second kappa shape index (κ2) is 7.15. The maximum Gasteiger partial charge on any atom is 0.253 e. The van der Waals surface area contributed by atoms with Crippen LogP contribution in [0.3, 0.4) is 0 Å². The zero-order valence-electron chi connectivity index (χ0n) is 12.3. The topological polar surface area (TPSA) is 38.3 Å². The Hall–Kier alpha value is -1.85. The van der Waals surface area contributed by atoms with Crippen LogP contribution in [-0.2, 0) is 0 Å². The molecule has 2 rings (SSSR count). The van der Waals surface area contributed by atoms with Gasteiger partial charge in [0.05, 0.1) is 28.8 Å². The summed E-state index contributed by atoms with van der Waals surface area (Å²) >= 11 is 11.5. The molecule has 0 spiro atoms. The average Bonchev–Trinajstić information content (AvgIpc) is 2.50. The van der Waals surface area contributed by atoms with Gasteiger partial charge in [0.25, 0.3) is 5.91 Å². The van der Waals surface area contributed by atoms with Crippen molar-refractivity contribution < 1.29 is 18.3 Å². The van der Waals surface area contributed by atoms with Crippen molar-refractivity contribution in [2.45, 2.75) is 13.0 Å². The number of hydrogen-bond donors (Lipinski definition) is 1. The molecule has 0 aliphatic carbocycles. The summed E-state index contributed by atoms with van der Waals surface area (Å²) in [6.07, 6.45) is 0. The molecule has 0 radical (unpaired) electrons. The van der Waals surface area contributed by atoms with Crippen LogP contribution in [0.25, 0.3) is 0 Å². The number of carbonyl (C=O) groups is 1. The molecule has 122 valence electrons. The molecule has 1 unspecified atom stereocenters. The Morgan fingerprint density at radius 3 is 2.43 bits per heavy atom. The molecule has 0 bridgehead atoms.